The van der Waals surface area contributed by atoms with Crippen molar-refractivity contribution >= 4 is 40.4 Å². The standard InChI is InChI=1S/C15H17BrN2O3S/c16-5-6-21-10-1-2-11-9(7-10)8-18(15(11)22)12-3-4-13(19)17-14(12)20/h1-2,7,12,15,22H,3-6,8H2,(H,17,19,20). The Kier molecular flexibility index (Phi) is 4.75. The molecule has 7 heteroatoms. The number of imide groups is 1. The molecule has 22 heavy (non-hydrogen) atoms. The molecular weight excluding hydrogens is 368 g/mol. The number of nitrogens with one attached hydrogen (secondary N) is 1. The quantitative estimate of drug-likeness (QED) is 0.473. The fourth-order valence-corrected chi connectivity index (χ4v) is 3.61. The van der Waals surface area contributed by atoms with Gasteiger partial charge in [0.05, 0.1) is 18.0 Å². The molecule has 0 aromatic heterocycles. The molecule has 1 fully saturated rings. The Hall–Kier alpha value is -1.05. The number of alkyl halides is 1. The summed E-state index contributed by atoms with van der Waals surface area (Å²) < 4.78 is 5.62. The number of nitrogens with zero attached hydrogens (tertiary/aromatic N) is 1. The van der Waals surface area contributed by atoms with Gasteiger partial charge in [-0.1, -0.05) is 22.0 Å². The maximum atomic E-state index is 12.1. The zero-order valence-electron chi connectivity index (χ0n) is 11.9. The Morgan fingerprint density at radius 2 is 2.23 bits per heavy atom. The van der Waals surface area contributed by atoms with Gasteiger partial charge in [0, 0.05) is 18.3 Å². The van der Waals surface area contributed by atoms with Crippen molar-refractivity contribution in [2.24, 2.45) is 0 Å². The topological polar surface area (TPSA) is 58.6 Å². The number of carbonyl (C=O) groups excluding carboxylic acids is 2. The largest absolute Gasteiger partial charge is 0.493 e. The number of piperidine rings is 1. The Balaban J connectivity index is 1.77. The second-order valence-corrected chi connectivity index (χ2v) is 6.69. The van der Waals surface area contributed by atoms with Gasteiger partial charge in [-0.05, 0) is 29.7 Å². The van der Waals surface area contributed by atoms with E-state index in [0.29, 0.717) is 26.0 Å². The molecule has 2 aliphatic rings. The van der Waals surface area contributed by atoms with Crippen molar-refractivity contribution in [3.05, 3.63) is 29.3 Å². The van der Waals surface area contributed by atoms with Crippen LogP contribution in [0.3, 0.4) is 0 Å². The molecule has 2 aliphatic heterocycles. The molecule has 2 unspecified atom stereocenters. The molecule has 1 N–H and O–H groups in total. The average molecular weight is 385 g/mol. The summed E-state index contributed by atoms with van der Waals surface area (Å²) >= 11 is 7.99. The lowest BCUT2D eigenvalue weighted by molar-refractivity contribution is -0.137. The summed E-state index contributed by atoms with van der Waals surface area (Å²) in [7, 11) is 0. The summed E-state index contributed by atoms with van der Waals surface area (Å²) in [6, 6.07) is 5.63. The first kappa shape index (κ1) is 15.8. The molecule has 0 radical (unpaired) electrons. The highest BCUT2D eigenvalue weighted by Gasteiger charge is 2.39. The van der Waals surface area contributed by atoms with Crippen LogP contribution in [0.2, 0.25) is 0 Å². The maximum Gasteiger partial charge on any atom is 0.243 e. The molecule has 1 aromatic carbocycles. The van der Waals surface area contributed by atoms with Crippen LogP contribution in [0.1, 0.15) is 29.3 Å². The molecule has 1 aromatic rings. The minimum atomic E-state index is -0.306. The number of hydrogen-bond acceptors (Lipinski definition) is 5. The van der Waals surface area contributed by atoms with Crippen molar-refractivity contribution in [1.82, 2.24) is 10.2 Å². The van der Waals surface area contributed by atoms with Crippen LogP contribution in [0.5, 0.6) is 5.75 Å². The number of thiol groups is 1. The maximum absolute atomic E-state index is 12.1. The van der Waals surface area contributed by atoms with Gasteiger partial charge >= 0.3 is 0 Å². The molecule has 0 spiro atoms. The van der Waals surface area contributed by atoms with Crippen LogP contribution in [0.25, 0.3) is 0 Å². The van der Waals surface area contributed by atoms with E-state index < -0.39 is 0 Å². The van der Waals surface area contributed by atoms with Crippen molar-refractivity contribution in [2.45, 2.75) is 30.8 Å². The van der Waals surface area contributed by atoms with Gasteiger partial charge in [-0.3, -0.25) is 19.8 Å². The highest BCUT2D eigenvalue weighted by atomic mass is 79.9. The summed E-state index contributed by atoms with van der Waals surface area (Å²) in [5.74, 6) is 0.404. The third-order valence-electron chi connectivity index (χ3n) is 4.02. The minimum Gasteiger partial charge on any atom is -0.493 e. The van der Waals surface area contributed by atoms with Crippen molar-refractivity contribution in [3.63, 3.8) is 0 Å². The van der Waals surface area contributed by atoms with E-state index in [4.69, 9.17) is 4.74 Å². The zero-order valence-corrected chi connectivity index (χ0v) is 14.4. The van der Waals surface area contributed by atoms with E-state index >= 15 is 0 Å². The molecule has 1 saturated heterocycles. The van der Waals surface area contributed by atoms with E-state index in [1.165, 1.54) is 0 Å². The molecule has 3 rings (SSSR count). The summed E-state index contributed by atoms with van der Waals surface area (Å²) in [6.07, 6.45) is 0.923. The van der Waals surface area contributed by atoms with E-state index in [1.807, 2.05) is 23.1 Å². The smallest absolute Gasteiger partial charge is 0.243 e. The van der Waals surface area contributed by atoms with Crippen LogP contribution >= 0.6 is 28.6 Å². The number of amides is 2. The van der Waals surface area contributed by atoms with Crippen molar-refractivity contribution < 1.29 is 14.3 Å². The van der Waals surface area contributed by atoms with Crippen molar-refractivity contribution in [2.75, 3.05) is 11.9 Å². The molecular formula is C15H17BrN2O3S. The number of fused-ring (bicyclic) bond motifs is 1. The van der Waals surface area contributed by atoms with E-state index in [-0.39, 0.29) is 23.2 Å². The molecule has 118 valence electrons. The summed E-state index contributed by atoms with van der Waals surface area (Å²) in [4.78, 5) is 25.4. The molecule has 0 bridgehead atoms. The third kappa shape index (κ3) is 3.02. The number of hydrogen-bond donors (Lipinski definition) is 2. The molecule has 2 heterocycles. The monoisotopic (exact) mass is 384 g/mol. The van der Waals surface area contributed by atoms with Gasteiger partial charge in [-0.25, -0.2) is 0 Å². The van der Waals surface area contributed by atoms with Gasteiger partial charge in [0.1, 0.15) is 5.75 Å². The van der Waals surface area contributed by atoms with Gasteiger partial charge < -0.3 is 4.74 Å². The molecule has 2 amide bonds. The first-order valence-electron chi connectivity index (χ1n) is 7.19. The van der Waals surface area contributed by atoms with Crippen LogP contribution in [0, 0.1) is 0 Å². The van der Waals surface area contributed by atoms with Gasteiger partial charge in [0.25, 0.3) is 0 Å². The predicted molar refractivity (Wildman–Crippen MR) is 89.2 cm³/mol. The summed E-state index contributed by atoms with van der Waals surface area (Å²) in [6.45, 7) is 1.25. The van der Waals surface area contributed by atoms with Gasteiger partial charge in [0.15, 0.2) is 0 Å². The van der Waals surface area contributed by atoms with Gasteiger partial charge in [0.2, 0.25) is 11.8 Å². The highest BCUT2D eigenvalue weighted by molar-refractivity contribution is 9.09. The van der Waals surface area contributed by atoms with Crippen molar-refractivity contribution in [1.29, 1.82) is 0 Å². The molecule has 0 saturated carbocycles. The second kappa shape index (κ2) is 6.60. The lowest BCUT2D eigenvalue weighted by atomic mass is 10.0. The van der Waals surface area contributed by atoms with E-state index in [2.05, 4.69) is 33.9 Å². The molecule has 5 nitrogen and oxygen atoms in total. The lowest BCUT2D eigenvalue weighted by Gasteiger charge is -2.32. The summed E-state index contributed by atoms with van der Waals surface area (Å²) in [5.41, 5.74) is 2.22. The minimum absolute atomic E-state index is 0.135. The fraction of sp³-hybridized carbons (Fsp3) is 0.467. The van der Waals surface area contributed by atoms with Crippen molar-refractivity contribution in [3.8, 4) is 5.75 Å². The van der Waals surface area contributed by atoms with Crippen LogP contribution in [0.15, 0.2) is 18.2 Å². The first-order valence-corrected chi connectivity index (χ1v) is 8.83. The lowest BCUT2D eigenvalue weighted by Crippen LogP contribution is -2.51. The number of halogens is 1. The molecule has 2 atom stereocenters. The normalized spacial score (nSPS) is 25.0. The number of ether oxygens (including phenoxy) is 1. The SMILES string of the molecule is O=C1CCC(N2Cc3cc(OCCBr)ccc3C2S)C(=O)N1. The second-order valence-electron chi connectivity index (χ2n) is 5.41. The zero-order chi connectivity index (χ0) is 15.7. The number of rotatable bonds is 4. The van der Waals surface area contributed by atoms with Crippen LogP contribution in [0.4, 0.5) is 0 Å². The number of carbonyl (C=O) groups is 2. The number of benzene rings is 1. The van der Waals surface area contributed by atoms with Gasteiger partial charge in [-0.2, -0.15) is 12.6 Å². The van der Waals surface area contributed by atoms with Crippen LogP contribution < -0.4 is 10.1 Å². The van der Waals surface area contributed by atoms with Crippen LogP contribution in [-0.2, 0) is 16.1 Å². The Bertz CT molecular complexity index is 610. The highest BCUT2D eigenvalue weighted by Crippen LogP contribution is 2.40. The Labute approximate surface area is 142 Å². The predicted octanol–water partition coefficient (Wildman–Crippen LogP) is 2.01. The Morgan fingerprint density at radius 1 is 1.41 bits per heavy atom. The summed E-state index contributed by atoms with van der Waals surface area (Å²) in [5, 5.41) is 3.05. The van der Waals surface area contributed by atoms with Gasteiger partial charge in [-0.15, -0.1) is 0 Å². The molecule has 0 aliphatic carbocycles. The van der Waals surface area contributed by atoms with E-state index in [9.17, 15) is 9.59 Å². The van der Waals surface area contributed by atoms with E-state index in [0.717, 1.165) is 22.2 Å². The van der Waals surface area contributed by atoms with Crippen LogP contribution in [-0.4, -0.2) is 34.7 Å². The third-order valence-corrected chi connectivity index (χ3v) is 4.91. The Morgan fingerprint density at radius 3 is 2.95 bits per heavy atom. The first-order chi connectivity index (χ1) is 10.6. The average Bonchev–Trinajstić information content (AvgIpc) is 2.82. The van der Waals surface area contributed by atoms with E-state index in [1.54, 1.807) is 0 Å². The fourth-order valence-electron chi connectivity index (χ4n) is 2.96.